The first kappa shape index (κ1) is 34.2. The SMILES string of the molecule is Cc1cc(N=Nc2c(C)cc3cc(S(=O)(=O)O)c(N=Nc4ccccc4)c(O)c3c2N)ccc1Nc1ccc(N=Nc2ccc(N)cc2O)cc1. The molecular weight excluding hydrogens is 671 g/mol. The molecule has 0 spiro atoms. The van der Waals surface area contributed by atoms with Gasteiger partial charge in [-0.1, -0.05) is 18.2 Å². The number of hydrogen-bond donors (Lipinski definition) is 6. The highest BCUT2D eigenvalue weighted by Gasteiger charge is 2.24. The molecule has 6 rings (SSSR count). The van der Waals surface area contributed by atoms with Crippen molar-refractivity contribution in [3.05, 3.63) is 114 Å². The molecule has 0 bridgehead atoms. The predicted octanol–water partition coefficient (Wildman–Crippen LogP) is 10.3. The number of hydrogen-bond acceptors (Lipinski definition) is 13. The van der Waals surface area contributed by atoms with Crippen LogP contribution in [0.15, 0.2) is 139 Å². The molecular formula is C36H31N9O5S. The molecule has 0 fully saturated rings. The average Bonchev–Trinajstić information content (AvgIpc) is 3.09. The van der Waals surface area contributed by atoms with E-state index in [9.17, 15) is 23.2 Å². The summed E-state index contributed by atoms with van der Waals surface area (Å²) in [4.78, 5) is -0.624. The van der Waals surface area contributed by atoms with Gasteiger partial charge in [-0.05, 0) is 109 Å². The van der Waals surface area contributed by atoms with Crippen molar-refractivity contribution < 1.29 is 23.2 Å². The van der Waals surface area contributed by atoms with Gasteiger partial charge in [-0.2, -0.15) is 23.8 Å². The average molecular weight is 702 g/mol. The molecule has 6 aromatic rings. The van der Waals surface area contributed by atoms with E-state index in [2.05, 4.69) is 36.0 Å². The summed E-state index contributed by atoms with van der Waals surface area (Å²) in [7, 11) is -4.80. The number of nitrogens with one attached hydrogen (secondary N) is 1. The van der Waals surface area contributed by atoms with E-state index in [1.807, 2.05) is 31.2 Å². The van der Waals surface area contributed by atoms with Gasteiger partial charge in [0.1, 0.15) is 27.7 Å². The minimum atomic E-state index is -4.80. The Hall–Kier alpha value is -6.71. The first-order valence-electron chi connectivity index (χ1n) is 15.3. The van der Waals surface area contributed by atoms with Gasteiger partial charge in [-0.3, -0.25) is 4.55 Å². The van der Waals surface area contributed by atoms with Crippen molar-refractivity contribution in [1.82, 2.24) is 0 Å². The quantitative estimate of drug-likeness (QED) is 0.0480. The van der Waals surface area contributed by atoms with Crippen LogP contribution in [0.2, 0.25) is 0 Å². The molecule has 14 nitrogen and oxygen atoms in total. The predicted molar refractivity (Wildman–Crippen MR) is 197 cm³/mol. The van der Waals surface area contributed by atoms with Gasteiger partial charge in [0.05, 0.1) is 28.1 Å². The summed E-state index contributed by atoms with van der Waals surface area (Å²) in [5.74, 6) is -0.642. The number of nitrogen functional groups attached to an aromatic ring is 2. The van der Waals surface area contributed by atoms with Crippen LogP contribution in [-0.2, 0) is 10.1 Å². The van der Waals surface area contributed by atoms with Gasteiger partial charge in [-0.15, -0.1) is 15.3 Å². The Morgan fingerprint density at radius 3 is 1.98 bits per heavy atom. The summed E-state index contributed by atoms with van der Waals surface area (Å²) in [6.45, 7) is 3.62. The zero-order chi connectivity index (χ0) is 36.3. The van der Waals surface area contributed by atoms with Crippen molar-refractivity contribution in [3.63, 3.8) is 0 Å². The molecule has 0 aromatic heterocycles. The Morgan fingerprint density at radius 2 is 1.29 bits per heavy atom. The molecule has 51 heavy (non-hydrogen) atoms. The minimum Gasteiger partial charge on any atom is -0.506 e. The number of phenols is 2. The highest BCUT2D eigenvalue weighted by Crippen LogP contribution is 2.47. The molecule has 0 radical (unpaired) electrons. The van der Waals surface area contributed by atoms with Crippen LogP contribution in [0.25, 0.3) is 10.8 Å². The molecule has 0 aliphatic heterocycles. The normalized spacial score (nSPS) is 12.1. The van der Waals surface area contributed by atoms with Crippen molar-refractivity contribution in [2.45, 2.75) is 18.7 Å². The fraction of sp³-hybridized carbons (Fsp3) is 0.0556. The van der Waals surface area contributed by atoms with Crippen LogP contribution in [0.1, 0.15) is 11.1 Å². The molecule has 0 saturated carbocycles. The summed E-state index contributed by atoms with van der Waals surface area (Å²) >= 11 is 0. The fourth-order valence-electron chi connectivity index (χ4n) is 5.17. The molecule has 0 unspecified atom stereocenters. The highest BCUT2D eigenvalue weighted by molar-refractivity contribution is 7.86. The van der Waals surface area contributed by atoms with Gasteiger partial charge in [-0.25, -0.2) is 0 Å². The van der Waals surface area contributed by atoms with Crippen LogP contribution in [0, 0.1) is 13.8 Å². The number of fused-ring (bicyclic) bond motifs is 1. The van der Waals surface area contributed by atoms with Gasteiger partial charge in [0.25, 0.3) is 10.1 Å². The van der Waals surface area contributed by atoms with E-state index < -0.39 is 26.5 Å². The van der Waals surface area contributed by atoms with Crippen molar-refractivity contribution in [1.29, 1.82) is 0 Å². The lowest BCUT2D eigenvalue weighted by molar-refractivity contribution is 0.472. The fourth-order valence-corrected chi connectivity index (χ4v) is 5.83. The molecule has 8 N–H and O–H groups in total. The maximum atomic E-state index is 12.3. The number of rotatable bonds is 9. The maximum absolute atomic E-state index is 12.3. The Kier molecular flexibility index (Phi) is 9.40. The van der Waals surface area contributed by atoms with E-state index >= 15 is 0 Å². The molecule has 0 saturated heterocycles. The largest absolute Gasteiger partial charge is 0.506 e. The van der Waals surface area contributed by atoms with Crippen LogP contribution < -0.4 is 16.8 Å². The van der Waals surface area contributed by atoms with Crippen LogP contribution in [0.3, 0.4) is 0 Å². The standard InChI is InChI=1S/C36H31N9O5S/c1-20-17-27(13-15-28(20)39-24-9-11-26(12-10-24)40-43-29-14-8-23(37)19-30(29)46)42-44-34-21(2)16-22-18-31(51(48,49)50)35(36(47)32(22)33(34)38)45-41-25-6-4-3-5-7-25/h3-19,39,46-47H,37-38H2,1-2H3,(H,48,49,50). The highest BCUT2D eigenvalue weighted by atomic mass is 32.2. The van der Waals surface area contributed by atoms with E-state index in [1.165, 1.54) is 12.1 Å². The summed E-state index contributed by atoms with van der Waals surface area (Å²) in [6, 6.07) is 28.6. The number of azo groups is 3. The lowest BCUT2D eigenvalue weighted by Crippen LogP contribution is -2.00. The Labute approximate surface area is 292 Å². The minimum absolute atomic E-state index is 0.0348. The number of benzene rings is 6. The van der Waals surface area contributed by atoms with Gasteiger partial charge in [0, 0.05) is 23.1 Å². The van der Waals surface area contributed by atoms with E-state index in [4.69, 9.17) is 11.5 Å². The maximum Gasteiger partial charge on any atom is 0.296 e. The second-order valence-electron chi connectivity index (χ2n) is 11.5. The topological polar surface area (TPSA) is 233 Å². The molecule has 0 amide bonds. The lowest BCUT2D eigenvalue weighted by Gasteiger charge is -2.13. The summed E-state index contributed by atoms with van der Waals surface area (Å²) in [5.41, 5.74) is 17.3. The Bertz CT molecular complexity index is 2490. The second-order valence-corrected chi connectivity index (χ2v) is 12.8. The molecule has 0 aliphatic rings. The lowest BCUT2D eigenvalue weighted by atomic mass is 10.0. The molecule has 0 atom stereocenters. The third kappa shape index (κ3) is 7.64. The monoisotopic (exact) mass is 701 g/mol. The van der Waals surface area contributed by atoms with Gasteiger partial charge >= 0.3 is 0 Å². The first-order valence-corrected chi connectivity index (χ1v) is 16.7. The third-order valence-electron chi connectivity index (χ3n) is 7.73. The van der Waals surface area contributed by atoms with Crippen molar-refractivity contribution in [3.8, 4) is 11.5 Å². The molecule has 256 valence electrons. The van der Waals surface area contributed by atoms with Crippen molar-refractivity contribution in [2.75, 3.05) is 16.8 Å². The van der Waals surface area contributed by atoms with E-state index in [1.54, 1.807) is 73.7 Å². The van der Waals surface area contributed by atoms with Gasteiger partial charge < -0.3 is 27.0 Å². The number of nitrogens with two attached hydrogens (primary N) is 2. The zero-order valence-corrected chi connectivity index (χ0v) is 28.0. The van der Waals surface area contributed by atoms with Crippen LogP contribution in [0.4, 0.5) is 56.9 Å². The number of anilines is 4. The summed E-state index contributed by atoms with van der Waals surface area (Å²) in [6.07, 6.45) is 0. The van der Waals surface area contributed by atoms with E-state index in [0.717, 1.165) is 16.9 Å². The summed E-state index contributed by atoms with van der Waals surface area (Å²) in [5, 5.41) is 49.9. The van der Waals surface area contributed by atoms with Crippen LogP contribution >= 0.6 is 0 Å². The Morgan fingerprint density at radius 1 is 0.647 bits per heavy atom. The second kappa shape index (κ2) is 14.0. The third-order valence-corrected chi connectivity index (χ3v) is 8.60. The zero-order valence-electron chi connectivity index (χ0n) is 27.2. The molecule has 15 heteroatoms. The van der Waals surface area contributed by atoms with Crippen LogP contribution in [-0.4, -0.2) is 23.2 Å². The van der Waals surface area contributed by atoms with Crippen molar-refractivity contribution in [2.24, 2.45) is 30.7 Å². The number of nitrogens with zero attached hydrogens (tertiary/aromatic N) is 6. The van der Waals surface area contributed by atoms with Crippen LogP contribution in [0.5, 0.6) is 11.5 Å². The number of aromatic hydroxyl groups is 2. The van der Waals surface area contributed by atoms with E-state index in [-0.39, 0.29) is 27.9 Å². The van der Waals surface area contributed by atoms with Crippen molar-refractivity contribution >= 4 is 77.8 Å². The number of aryl methyl sites for hydroxylation is 2. The molecule has 6 aromatic carbocycles. The van der Waals surface area contributed by atoms with Gasteiger partial charge in [0.15, 0.2) is 5.75 Å². The number of phenolic OH excluding ortho intramolecular Hbond substituents is 2. The molecule has 0 heterocycles. The van der Waals surface area contributed by atoms with E-state index in [0.29, 0.717) is 34.0 Å². The summed E-state index contributed by atoms with van der Waals surface area (Å²) < 4.78 is 34.5. The first-order chi connectivity index (χ1) is 24.4. The Balaban J connectivity index is 1.24. The smallest absolute Gasteiger partial charge is 0.296 e. The van der Waals surface area contributed by atoms with Gasteiger partial charge in [0.2, 0.25) is 0 Å². The molecule has 0 aliphatic carbocycles.